The third kappa shape index (κ3) is 5.05. The third-order valence-electron chi connectivity index (χ3n) is 4.61. The second-order valence-electron chi connectivity index (χ2n) is 6.60. The molecule has 2 amide bonds. The smallest absolute Gasteiger partial charge is 0.255 e. The number of likely N-dealkylation sites (tertiary alicyclic amines) is 1. The molecule has 3 rings (SSSR count). The Morgan fingerprint density at radius 2 is 2.11 bits per heavy atom. The molecular weight excluding hydrogens is 389 g/mol. The van der Waals surface area contributed by atoms with E-state index in [1.165, 1.54) is 25.1 Å². The van der Waals surface area contributed by atoms with Crippen LogP contribution in [0.2, 0.25) is 5.02 Å². The van der Waals surface area contributed by atoms with E-state index in [0.717, 1.165) is 23.5 Å². The van der Waals surface area contributed by atoms with Crippen molar-refractivity contribution < 1.29 is 14.0 Å². The molecule has 0 unspecified atom stereocenters. The Kier molecular flexibility index (Phi) is 6.44. The van der Waals surface area contributed by atoms with Gasteiger partial charge in [0.05, 0.1) is 21.3 Å². The van der Waals surface area contributed by atoms with Crippen molar-refractivity contribution in [3.63, 3.8) is 0 Å². The van der Waals surface area contributed by atoms with Crippen molar-refractivity contribution in [3.05, 3.63) is 50.7 Å². The van der Waals surface area contributed by atoms with Gasteiger partial charge in [-0.05, 0) is 31.0 Å². The van der Waals surface area contributed by atoms with Crippen LogP contribution in [0.5, 0.6) is 0 Å². The lowest BCUT2D eigenvalue weighted by Gasteiger charge is -2.31. The summed E-state index contributed by atoms with van der Waals surface area (Å²) in [5, 5.41) is 6.14. The lowest BCUT2D eigenvalue weighted by atomic mass is 9.97. The number of nitrogens with one attached hydrogen (secondary N) is 1. The van der Waals surface area contributed by atoms with Gasteiger partial charge in [-0.25, -0.2) is 9.37 Å². The highest BCUT2D eigenvalue weighted by atomic mass is 35.5. The van der Waals surface area contributed by atoms with E-state index in [-0.39, 0.29) is 22.4 Å². The average molecular weight is 410 g/mol. The third-order valence-corrected chi connectivity index (χ3v) is 6.00. The largest absolute Gasteiger partial charge is 0.356 e. The van der Waals surface area contributed by atoms with Crippen molar-refractivity contribution in [1.82, 2.24) is 15.2 Å². The quantitative estimate of drug-likeness (QED) is 0.820. The van der Waals surface area contributed by atoms with Gasteiger partial charge in [0.2, 0.25) is 5.91 Å². The fourth-order valence-corrected chi connectivity index (χ4v) is 4.38. The van der Waals surface area contributed by atoms with Crippen molar-refractivity contribution in [1.29, 1.82) is 0 Å². The van der Waals surface area contributed by atoms with Crippen LogP contribution in [0, 0.1) is 5.82 Å². The Labute approximate surface area is 166 Å². The monoisotopic (exact) mass is 409 g/mol. The first-order valence-corrected chi connectivity index (χ1v) is 10.1. The molecule has 0 bridgehead atoms. The number of carbonyl (C=O) groups is 2. The number of thiazole rings is 1. The number of amides is 2. The van der Waals surface area contributed by atoms with Gasteiger partial charge in [0.1, 0.15) is 5.82 Å². The number of rotatable bonds is 5. The topological polar surface area (TPSA) is 62.3 Å². The van der Waals surface area contributed by atoms with Crippen molar-refractivity contribution in [2.75, 3.05) is 19.6 Å². The van der Waals surface area contributed by atoms with Gasteiger partial charge in [0.25, 0.3) is 5.91 Å². The SMILES string of the molecule is CC(=O)NCCc1csc(C2CCN(C(=O)c3cc(F)ccc3Cl)CC2)n1. The molecule has 1 aliphatic heterocycles. The summed E-state index contributed by atoms with van der Waals surface area (Å²) in [7, 11) is 0. The van der Waals surface area contributed by atoms with Crippen molar-refractivity contribution in [2.24, 2.45) is 0 Å². The van der Waals surface area contributed by atoms with Crippen LogP contribution < -0.4 is 5.32 Å². The predicted molar refractivity (Wildman–Crippen MR) is 104 cm³/mol. The summed E-state index contributed by atoms with van der Waals surface area (Å²) in [6.07, 6.45) is 2.35. The predicted octanol–water partition coefficient (Wildman–Crippen LogP) is 3.63. The fraction of sp³-hybridized carbons (Fsp3) is 0.421. The lowest BCUT2D eigenvalue weighted by molar-refractivity contribution is -0.118. The zero-order valence-corrected chi connectivity index (χ0v) is 16.6. The van der Waals surface area contributed by atoms with E-state index >= 15 is 0 Å². The molecule has 2 aromatic rings. The Hall–Kier alpha value is -1.99. The number of piperidine rings is 1. The number of nitrogens with zero attached hydrogens (tertiary/aromatic N) is 2. The first-order valence-electron chi connectivity index (χ1n) is 8.87. The zero-order chi connectivity index (χ0) is 19.4. The molecular formula is C19H21ClFN3O2S. The number of benzene rings is 1. The van der Waals surface area contributed by atoms with Crippen LogP contribution in [0.3, 0.4) is 0 Å². The molecule has 2 heterocycles. The average Bonchev–Trinajstić information content (AvgIpc) is 3.12. The summed E-state index contributed by atoms with van der Waals surface area (Å²) in [6, 6.07) is 3.85. The number of hydrogen-bond donors (Lipinski definition) is 1. The van der Waals surface area contributed by atoms with E-state index < -0.39 is 5.82 Å². The minimum Gasteiger partial charge on any atom is -0.356 e. The van der Waals surface area contributed by atoms with Crippen LogP contribution in [-0.4, -0.2) is 41.3 Å². The maximum atomic E-state index is 13.4. The number of halogens is 2. The molecule has 144 valence electrons. The molecule has 1 saturated heterocycles. The van der Waals surface area contributed by atoms with Crippen molar-refractivity contribution in [3.8, 4) is 0 Å². The van der Waals surface area contributed by atoms with E-state index in [9.17, 15) is 14.0 Å². The molecule has 1 aromatic carbocycles. The Balaban J connectivity index is 1.56. The van der Waals surface area contributed by atoms with Crippen LogP contribution in [0.25, 0.3) is 0 Å². The molecule has 0 radical (unpaired) electrons. The highest BCUT2D eigenvalue weighted by Gasteiger charge is 2.27. The molecule has 1 aliphatic rings. The van der Waals surface area contributed by atoms with E-state index in [4.69, 9.17) is 11.6 Å². The Morgan fingerprint density at radius 1 is 1.37 bits per heavy atom. The molecule has 5 nitrogen and oxygen atoms in total. The van der Waals surface area contributed by atoms with E-state index in [1.807, 2.05) is 5.38 Å². The van der Waals surface area contributed by atoms with E-state index in [0.29, 0.717) is 32.0 Å². The highest BCUT2D eigenvalue weighted by Crippen LogP contribution is 2.31. The van der Waals surface area contributed by atoms with Gasteiger partial charge >= 0.3 is 0 Å². The van der Waals surface area contributed by atoms with Gasteiger partial charge in [-0.2, -0.15) is 0 Å². The maximum absolute atomic E-state index is 13.4. The second kappa shape index (κ2) is 8.80. The number of aromatic nitrogens is 1. The van der Waals surface area contributed by atoms with Gasteiger partial charge in [-0.15, -0.1) is 11.3 Å². The molecule has 0 aliphatic carbocycles. The van der Waals surface area contributed by atoms with Crippen LogP contribution in [0.15, 0.2) is 23.6 Å². The Bertz CT molecular complexity index is 834. The lowest BCUT2D eigenvalue weighted by Crippen LogP contribution is -2.38. The molecule has 8 heteroatoms. The summed E-state index contributed by atoms with van der Waals surface area (Å²) < 4.78 is 13.4. The minimum absolute atomic E-state index is 0.0408. The van der Waals surface area contributed by atoms with Gasteiger partial charge in [-0.1, -0.05) is 11.6 Å². The first kappa shape index (κ1) is 19.8. The minimum atomic E-state index is -0.466. The fourth-order valence-electron chi connectivity index (χ4n) is 3.15. The summed E-state index contributed by atoms with van der Waals surface area (Å²) >= 11 is 7.68. The molecule has 1 aromatic heterocycles. The molecule has 1 fully saturated rings. The van der Waals surface area contributed by atoms with Crippen LogP contribution in [0.1, 0.15) is 46.7 Å². The van der Waals surface area contributed by atoms with Crippen LogP contribution in [-0.2, 0) is 11.2 Å². The maximum Gasteiger partial charge on any atom is 0.255 e. The van der Waals surface area contributed by atoms with Gasteiger partial charge in [0.15, 0.2) is 0 Å². The molecule has 0 atom stereocenters. The van der Waals surface area contributed by atoms with Crippen LogP contribution in [0.4, 0.5) is 4.39 Å². The summed E-state index contributed by atoms with van der Waals surface area (Å²) in [5.41, 5.74) is 1.19. The normalized spacial score (nSPS) is 15.0. The van der Waals surface area contributed by atoms with E-state index in [2.05, 4.69) is 10.3 Å². The second-order valence-corrected chi connectivity index (χ2v) is 7.90. The molecule has 0 spiro atoms. The molecule has 0 saturated carbocycles. The van der Waals surface area contributed by atoms with E-state index in [1.54, 1.807) is 16.2 Å². The van der Waals surface area contributed by atoms with Gasteiger partial charge < -0.3 is 10.2 Å². The first-order chi connectivity index (χ1) is 12.9. The van der Waals surface area contributed by atoms with Crippen molar-refractivity contribution in [2.45, 2.75) is 32.1 Å². The molecule has 27 heavy (non-hydrogen) atoms. The van der Waals surface area contributed by atoms with Crippen LogP contribution >= 0.6 is 22.9 Å². The zero-order valence-electron chi connectivity index (χ0n) is 15.0. The number of carbonyl (C=O) groups excluding carboxylic acids is 2. The Morgan fingerprint density at radius 3 is 2.81 bits per heavy atom. The highest BCUT2D eigenvalue weighted by molar-refractivity contribution is 7.09. The number of hydrogen-bond acceptors (Lipinski definition) is 4. The standard InChI is InChI=1S/C19H21ClFN3O2S/c1-12(25)22-7-4-15-11-27-18(23-15)13-5-8-24(9-6-13)19(26)16-10-14(21)2-3-17(16)20/h2-3,10-11,13H,4-9H2,1H3,(H,22,25). The molecule has 1 N–H and O–H groups in total. The van der Waals surface area contributed by atoms with Gasteiger partial charge in [-0.3, -0.25) is 9.59 Å². The van der Waals surface area contributed by atoms with Gasteiger partial charge in [0, 0.05) is 44.3 Å². The van der Waals surface area contributed by atoms with Crippen molar-refractivity contribution >= 4 is 34.8 Å². The summed E-state index contributed by atoms with van der Waals surface area (Å²) in [5.74, 6) is -0.419. The summed E-state index contributed by atoms with van der Waals surface area (Å²) in [6.45, 7) is 3.27. The summed E-state index contributed by atoms with van der Waals surface area (Å²) in [4.78, 5) is 29.9.